The lowest BCUT2D eigenvalue weighted by Crippen LogP contribution is -1.97. The highest BCUT2D eigenvalue weighted by Crippen LogP contribution is 2.47. The predicted molar refractivity (Wildman–Crippen MR) is 176 cm³/mol. The van der Waals surface area contributed by atoms with E-state index in [1.165, 1.54) is 76.1 Å². The van der Waals surface area contributed by atoms with Gasteiger partial charge >= 0.3 is 0 Å². The first kappa shape index (κ1) is 22.8. The molecule has 40 heavy (non-hydrogen) atoms. The van der Waals surface area contributed by atoms with Crippen molar-refractivity contribution in [3.05, 3.63) is 146 Å². The van der Waals surface area contributed by atoms with Crippen molar-refractivity contribution in [3.63, 3.8) is 0 Å². The summed E-state index contributed by atoms with van der Waals surface area (Å²) < 4.78 is 0. The summed E-state index contributed by atoms with van der Waals surface area (Å²) in [4.78, 5) is 0. The summed E-state index contributed by atoms with van der Waals surface area (Å²) in [5, 5.41) is 12.6. The predicted octanol–water partition coefficient (Wildman–Crippen LogP) is 11.5. The Balaban J connectivity index is 1.55. The Morgan fingerprint density at radius 2 is 0.950 bits per heavy atom. The minimum absolute atomic E-state index is 1.11. The quantitative estimate of drug-likeness (QED) is 0.208. The summed E-state index contributed by atoms with van der Waals surface area (Å²) in [6.45, 7) is 8.66. The van der Waals surface area contributed by atoms with Gasteiger partial charge in [-0.15, -0.1) is 0 Å². The van der Waals surface area contributed by atoms with Gasteiger partial charge in [0.05, 0.1) is 0 Å². The van der Waals surface area contributed by atoms with E-state index in [1.807, 2.05) is 12.2 Å². The monoisotopic (exact) mass is 506 g/mol. The van der Waals surface area contributed by atoms with Crippen molar-refractivity contribution in [3.8, 4) is 22.3 Å². The third-order valence-electron chi connectivity index (χ3n) is 8.52. The Morgan fingerprint density at radius 1 is 0.400 bits per heavy atom. The van der Waals surface area contributed by atoms with Crippen molar-refractivity contribution in [1.82, 2.24) is 0 Å². The Morgan fingerprint density at radius 3 is 1.73 bits per heavy atom. The minimum atomic E-state index is 1.11. The lowest BCUT2D eigenvalue weighted by Gasteiger charge is -2.22. The van der Waals surface area contributed by atoms with Crippen molar-refractivity contribution in [2.75, 3.05) is 0 Å². The van der Waals surface area contributed by atoms with Crippen LogP contribution in [-0.4, -0.2) is 0 Å². The second-order valence-corrected chi connectivity index (χ2v) is 10.6. The molecule has 0 unspecified atom stereocenters. The van der Waals surface area contributed by atoms with Gasteiger partial charge in [0.25, 0.3) is 0 Å². The molecule has 0 heterocycles. The molecule has 0 N–H and O–H groups in total. The van der Waals surface area contributed by atoms with Crippen LogP contribution in [0.2, 0.25) is 0 Å². The third-order valence-corrected chi connectivity index (χ3v) is 8.52. The topological polar surface area (TPSA) is 0 Å². The molecule has 8 rings (SSSR count). The van der Waals surface area contributed by atoms with Gasteiger partial charge in [0.15, 0.2) is 0 Å². The fraction of sp³-hybridized carbons (Fsp3) is 0. The van der Waals surface area contributed by atoms with Crippen LogP contribution in [0.4, 0.5) is 0 Å². The van der Waals surface area contributed by atoms with E-state index >= 15 is 0 Å². The molecule has 0 amide bonds. The van der Waals surface area contributed by atoms with Crippen LogP contribution in [0.25, 0.3) is 88.3 Å². The van der Waals surface area contributed by atoms with Gasteiger partial charge < -0.3 is 0 Å². The largest absolute Gasteiger partial charge is 0.0984 e. The average Bonchev–Trinajstić information content (AvgIpc) is 3.02. The Kier molecular flexibility index (Phi) is 4.93. The molecule has 8 aromatic rings. The molecule has 0 aliphatic heterocycles. The molecule has 0 radical (unpaired) electrons. The van der Waals surface area contributed by atoms with Gasteiger partial charge in [-0.25, -0.2) is 0 Å². The van der Waals surface area contributed by atoms with E-state index < -0.39 is 0 Å². The van der Waals surface area contributed by atoms with Crippen LogP contribution in [0.3, 0.4) is 0 Å². The highest BCUT2D eigenvalue weighted by Gasteiger charge is 2.21. The molecule has 186 valence electrons. The van der Waals surface area contributed by atoms with Crippen LogP contribution >= 0.6 is 0 Å². The summed E-state index contributed by atoms with van der Waals surface area (Å²) in [5.74, 6) is 0. The summed E-state index contributed by atoms with van der Waals surface area (Å²) >= 11 is 0. The standard InChI is InChI=1S/C40H26/c1-3-31-32(4-2)40(36-24-29-15-9-13-26-20-21-27-14-10-18-35(36)39(27)37(26)29)34-17-8-7-16-33(34)38(31)30-22-19-25-11-5-6-12-28(25)23-30/h3-24H,1-2H2. The second kappa shape index (κ2) is 8.66. The zero-order valence-electron chi connectivity index (χ0n) is 22.1. The fourth-order valence-corrected chi connectivity index (χ4v) is 6.82. The van der Waals surface area contributed by atoms with E-state index in [4.69, 9.17) is 0 Å². The van der Waals surface area contributed by atoms with E-state index in [0.29, 0.717) is 0 Å². The normalized spacial score (nSPS) is 11.7. The maximum absolute atomic E-state index is 4.34. The highest BCUT2D eigenvalue weighted by atomic mass is 14.2. The molecule has 0 atom stereocenters. The molecule has 0 heteroatoms. The van der Waals surface area contributed by atoms with Crippen molar-refractivity contribution >= 4 is 66.0 Å². The van der Waals surface area contributed by atoms with Gasteiger partial charge in [-0.3, -0.25) is 0 Å². The van der Waals surface area contributed by atoms with Gasteiger partial charge in [0, 0.05) is 0 Å². The first-order chi connectivity index (χ1) is 19.8. The van der Waals surface area contributed by atoms with Gasteiger partial charge in [-0.2, -0.15) is 0 Å². The Labute approximate surface area is 233 Å². The molecule has 0 nitrogen and oxygen atoms in total. The van der Waals surface area contributed by atoms with Crippen molar-refractivity contribution in [2.24, 2.45) is 0 Å². The molecular formula is C40H26. The molecular weight excluding hydrogens is 480 g/mol. The number of benzene rings is 8. The molecule has 0 saturated heterocycles. The maximum Gasteiger partial charge on any atom is -0.00201 e. The van der Waals surface area contributed by atoms with E-state index in [2.05, 4.69) is 134 Å². The molecule has 0 spiro atoms. The van der Waals surface area contributed by atoms with Gasteiger partial charge in [0.2, 0.25) is 0 Å². The molecule has 0 saturated carbocycles. The summed E-state index contributed by atoms with van der Waals surface area (Å²) in [6, 6.07) is 44.3. The van der Waals surface area contributed by atoms with Crippen LogP contribution in [0.1, 0.15) is 11.1 Å². The van der Waals surface area contributed by atoms with Crippen molar-refractivity contribution in [1.29, 1.82) is 0 Å². The van der Waals surface area contributed by atoms with Crippen LogP contribution < -0.4 is 0 Å². The second-order valence-electron chi connectivity index (χ2n) is 10.6. The third kappa shape index (κ3) is 3.14. The lowest BCUT2D eigenvalue weighted by atomic mass is 9.81. The van der Waals surface area contributed by atoms with Gasteiger partial charge in [-0.1, -0.05) is 135 Å². The summed E-state index contributed by atoms with van der Waals surface area (Å²) in [7, 11) is 0. The fourth-order valence-electron chi connectivity index (χ4n) is 6.82. The minimum Gasteiger partial charge on any atom is -0.0984 e. The van der Waals surface area contributed by atoms with Crippen LogP contribution in [0, 0.1) is 0 Å². The number of fused-ring (bicyclic) bond motifs is 2. The number of hydrogen-bond acceptors (Lipinski definition) is 0. The first-order valence-corrected chi connectivity index (χ1v) is 13.8. The zero-order valence-corrected chi connectivity index (χ0v) is 22.1. The van der Waals surface area contributed by atoms with Crippen molar-refractivity contribution in [2.45, 2.75) is 0 Å². The van der Waals surface area contributed by atoms with E-state index in [-0.39, 0.29) is 0 Å². The maximum atomic E-state index is 4.34. The van der Waals surface area contributed by atoms with Gasteiger partial charge in [-0.05, 0) is 99.4 Å². The van der Waals surface area contributed by atoms with E-state index in [1.54, 1.807) is 0 Å². The zero-order chi connectivity index (χ0) is 26.8. The lowest BCUT2D eigenvalue weighted by molar-refractivity contribution is 1.61. The molecule has 0 aliphatic rings. The van der Waals surface area contributed by atoms with Crippen LogP contribution in [-0.2, 0) is 0 Å². The molecule has 8 aromatic carbocycles. The SMILES string of the molecule is C=Cc1c(C=C)c(-c2cc3cccc4ccc5cccc2c5c43)c2ccccc2c1-c1ccc2ccccc2c1. The summed E-state index contributed by atoms with van der Waals surface area (Å²) in [5.41, 5.74) is 7.07. The van der Waals surface area contributed by atoms with E-state index in [0.717, 1.165) is 11.1 Å². The molecule has 0 aromatic heterocycles. The van der Waals surface area contributed by atoms with E-state index in [9.17, 15) is 0 Å². The van der Waals surface area contributed by atoms with Crippen LogP contribution in [0.5, 0.6) is 0 Å². The molecule has 0 fully saturated rings. The smallest absolute Gasteiger partial charge is 0.00201 e. The number of rotatable bonds is 4. The summed E-state index contributed by atoms with van der Waals surface area (Å²) in [6.07, 6.45) is 4.03. The average molecular weight is 507 g/mol. The Hall–Kier alpha value is -5.20. The highest BCUT2D eigenvalue weighted by molar-refractivity contribution is 6.28. The Bertz CT molecular complexity index is 2300. The molecule has 0 aliphatic carbocycles. The van der Waals surface area contributed by atoms with Crippen molar-refractivity contribution < 1.29 is 0 Å². The van der Waals surface area contributed by atoms with Crippen LogP contribution in [0.15, 0.2) is 134 Å². The first-order valence-electron chi connectivity index (χ1n) is 13.8. The number of hydrogen-bond donors (Lipinski definition) is 0. The molecule has 0 bridgehead atoms. The van der Waals surface area contributed by atoms with Gasteiger partial charge in [0.1, 0.15) is 0 Å².